The Hall–Kier alpha value is -1.04. The lowest BCUT2D eigenvalue weighted by molar-refractivity contribution is 0.0957. The molecule has 1 saturated heterocycles. The summed E-state index contributed by atoms with van der Waals surface area (Å²) in [6.45, 7) is 1.84. The van der Waals surface area contributed by atoms with Crippen LogP contribution in [0.3, 0.4) is 0 Å². The number of carbonyl (C=O) groups excluding carboxylic acids is 1. The summed E-state index contributed by atoms with van der Waals surface area (Å²) < 4.78 is 5.73. The number of carbonyl (C=O) groups is 1. The van der Waals surface area contributed by atoms with Crippen molar-refractivity contribution < 1.29 is 9.53 Å². The maximum atomic E-state index is 11.4. The van der Waals surface area contributed by atoms with Crippen LogP contribution in [0.15, 0.2) is 18.3 Å². The van der Waals surface area contributed by atoms with Gasteiger partial charge < -0.3 is 15.4 Å². The SMILES string of the molecule is CNC(=O)c1cc(OC2CCNC2)ccn1.Cl.Cl. The molecule has 7 heteroatoms. The van der Waals surface area contributed by atoms with E-state index >= 15 is 0 Å². The molecule has 1 aliphatic rings. The Morgan fingerprint density at radius 1 is 1.56 bits per heavy atom. The van der Waals surface area contributed by atoms with Gasteiger partial charge in [0.1, 0.15) is 17.5 Å². The largest absolute Gasteiger partial charge is 0.489 e. The topological polar surface area (TPSA) is 63.2 Å². The van der Waals surface area contributed by atoms with Gasteiger partial charge >= 0.3 is 0 Å². The zero-order valence-electron chi connectivity index (χ0n) is 10.0. The molecule has 18 heavy (non-hydrogen) atoms. The maximum Gasteiger partial charge on any atom is 0.269 e. The van der Waals surface area contributed by atoms with Crippen LogP contribution < -0.4 is 15.4 Å². The fraction of sp³-hybridized carbons (Fsp3) is 0.455. The Bertz CT molecular complexity index is 384. The number of aromatic nitrogens is 1. The molecule has 0 aliphatic carbocycles. The minimum Gasteiger partial charge on any atom is -0.489 e. The predicted molar refractivity (Wildman–Crippen MR) is 74.0 cm³/mol. The van der Waals surface area contributed by atoms with Crippen molar-refractivity contribution in [2.75, 3.05) is 20.1 Å². The molecule has 1 unspecified atom stereocenters. The van der Waals surface area contributed by atoms with E-state index in [1.165, 1.54) is 0 Å². The molecule has 1 aromatic rings. The normalized spacial score (nSPS) is 17.3. The molecule has 0 bridgehead atoms. The molecule has 1 amide bonds. The highest BCUT2D eigenvalue weighted by molar-refractivity contribution is 5.92. The van der Waals surface area contributed by atoms with Crippen LogP contribution in [0.25, 0.3) is 0 Å². The Morgan fingerprint density at radius 2 is 2.33 bits per heavy atom. The van der Waals surface area contributed by atoms with Crippen LogP contribution in [0.5, 0.6) is 5.75 Å². The minimum absolute atomic E-state index is 0. The van der Waals surface area contributed by atoms with E-state index in [0.717, 1.165) is 19.5 Å². The molecule has 2 heterocycles. The third kappa shape index (κ3) is 4.33. The number of amides is 1. The average molecular weight is 294 g/mol. The summed E-state index contributed by atoms with van der Waals surface area (Å²) in [5, 5.41) is 5.75. The standard InChI is InChI=1S/C11H15N3O2.2ClH/c1-12-11(15)10-6-8(3-5-14-10)16-9-2-4-13-7-9;;/h3,5-6,9,13H,2,4,7H2,1H3,(H,12,15);2*1H. The molecule has 5 nitrogen and oxygen atoms in total. The third-order valence-electron chi connectivity index (χ3n) is 2.51. The molecule has 1 aromatic heterocycles. The molecule has 102 valence electrons. The molecular weight excluding hydrogens is 277 g/mol. The Labute approximate surface area is 119 Å². The number of nitrogens with one attached hydrogen (secondary N) is 2. The number of halogens is 2. The minimum atomic E-state index is -0.199. The zero-order chi connectivity index (χ0) is 11.4. The van der Waals surface area contributed by atoms with Crippen LogP contribution in [-0.4, -0.2) is 37.1 Å². The van der Waals surface area contributed by atoms with Crippen LogP contribution >= 0.6 is 24.8 Å². The molecule has 1 atom stereocenters. The molecule has 1 aliphatic heterocycles. The lowest BCUT2D eigenvalue weighted by Gasteiger charge is -2.12. The van der Waals surface area contributed by atoms with Gasteiger partial charge in [0.05, 0.1) is 0 Å². The fourth-order valence-electron chi connectivity index (χ4n) is 1.66. The lowest BCUT2D eigenvalue weighted by atomic mass is 10.3. The van der Waals surface area contributed by atoms with Crippen molar-refractivity contribution in [3.05, 3.63) is 24.0 Å². The first-order chi connectivity index (χ1) is 7.79. The van der Waals surface area contributed by atoms with Gasteiger partial charge in [-0.3, -0.25) is 9.78 Å². The Kier molecular flexibility index (Phi) is 7.66. The van der Waals surface area contributed by atoms with Gasteiger partial charge in [-0.05, 0) is 19.0 Å². The number of hydrogen-bond donors (Lipinski definition) is 2. The van der Waals surface area contributed by atoms with Gasteiger partial charge in [-0.15, -0.1) is 24.8 Å². The van der Waals surface area contributed by atoms with E-state index in [9.17, 15) is 4.79 Å². The van der Waals surface area contributed by atoms with Gasteiger partial charge in [-0.25, -0.2) is 0 Å². The quantitative estimate of drug-likeness (QED) is 0.874. The van der Waals surface area contributed by atoms with Crippen molar-refractivity contribution in [2.24, 2.45) is 0 Å². The van der Waals surface area contributed by atoms with Gasteiger partial charge in [0.2, 0.25) is 0 Å². The van der Waals surface area contributed by atoms with Crippen molar-refractivity contribution in [3.8, 4) is 5.75 Å². The smallest absolute Gasteiger partial charge is 0.269 e. The van der Waals surface area contributed by atoms with Gasteiger partial charge in [-0.2, -0.15) is 0 Å². The van der Waals surface area contributed by atoms with E-state index < -0.39 is 0 Å². The Morgan fingerprint density at radius 3 is 2.94 bits per heavy atom. The van der Waals surface area contributed by atoms with Crippen molar-refractivity contribution in [3.63, 3.8) is 0 Å². The van der Waals surface area contributed by atoms with E-state index in [-0.39, 0.29) is 36.8 Å². The summed E-state index contributed by atoms with van der Waals surface area (Å²) in [4.78, 5) is 15.3. The molecular formula is C11H17Cl2N3O2. The number of rotatable bonds is 3. The third-order valence-corrected chi connectivity index (χ3v) is 2.51. The summed E-state index contributed by atoms with van der Waals surface area (Å²) in [6.07, 6.45) is 2.78. The molecule has 0 aromatic carbocycles. The summed E-state index contributed by atoms with van der Waals surface area (Å²) in [6, 6.07) is 3.43. The summed E-state index contributed by atoms with van der Waals surface area (Å²) in [5.74, 6) is 0.497. The number of pyridine rings is 1. The van der Waals surface area contributed by atoms with Crippen LogP contribution in [0, 0.1) is 0 Å². The van der Waals surface area contributed by atoms with Crippen LogP contribution in [0.1, 0.15) is 16.9 Å². The molecule has 0 radical (unpaired) electrons. The predicted octanol–water partition coefficient (Wildman–Crippen LogP) is 1.03. The molecule has 1 fully saturated rings. The second-order valence-corrected chi connectivity index (χ2v) is 3.69. The first kappa shape index (κ1) is 17.0. The number of ether oxygens (including phenoxy) is 1. The van der Waals surface area contributed by atoms with Gasteiger partial charge in [0, 0.05) is 25.9 Å². The number of nitrogens with zero attached hydrogens (tertiary/aromatic N) is 1. The molecule has 0 saturated carbocycles. The molecule has 2 rings (SSSR count). The summed E-state index contributed by atoms with van der Waals surface area (Å²) >= 11 is 0. The van der Waals surface area contributed by atoms with Crippen molar-refractivity contribution in [1.82, 2.24) is 15.6 Å². The van der Waals surface area contributed by atoms with E-state index in [1.54, 1.807) is 25.4 Å². The number of hydrogen-bond acceptors (Lipinski definition) is 4. The second kappa shape index (κ2) is 8.13. The summed E-state index contributed by atoms with van der Waals surface area (Å²) in [7, 11) is 1.58. The highest BCUT2D eigenvalue weighted by Gasteiger charge is 2.16. The van der Waals surface area contributed by atoms with E-state index in [1.807, 2.05) is 0 Å². The van der Waals surface area contributed by atoms with Gasteiger partial charge in [0.15, 0.2) is 0 Å². The highest BCUT2D eigenvalue weighted by atomic mass is 35.5. The maximum absolute atomic E-state index is 11.4. The second-order valence-electron chi connectivity index (χ2n) is 3.69. The molecule has 0 spiro atoms. The van der Waals surface area contributed by atoms with E-state index in [2.05, 4.69) is 15.6 Å². The van der Waals surface area contributed by atoms with Crippen LogP contribution in [0.2, 0.25) is 0 Å². The highest BCUT2D eigenvalue weighted by Crippen LogP contribution is 2.15. The van der Waals surface area contributed by atoms with Crippen molar-refractivity contribution in [1.29, 1.82) is 0 Å². The van der Waals surface area contributed by atoms with Crippen molar-refractivity contribution in [2.45, 2.75) is 12.5 Å². The summed E-state index contributed by atoms with van der Waals surface area (Å²) in [5.41, 5.74) is 0.381. The lowest BCUT2D eigenvalue weighted by Crippen LogP contribution is -2.21. The van der Waals surface area contributed by atoms with E-state index in [4.69, 9.17) is 4.74 Å². The molecule has 2 N–H and O–H groups in total. The van der Waals surface area contributed by atoms with Crippen LogP contribution in [-0.2, 0) is 0 Å². The zero-order valence-corrected chi connectivity index (χ0v) is 11.6. The van der Waals surface area contributed by atoms with Crippen molar-refractivity contribution >= 4 is 30.7 Å². The van der Waals surface area contributed by atoms with Gasteiger partial charge in [0.25, 0.3) is 5.91 Å². The fourth-order valence-corrected chi connectivity index (χ4v) is 1.66. The van der Waals surface area contributed by atoms with Crippen LogP contribution in [0.4, 0.5) is 0 Å². The Balaban J connectivity index is 0.00000144. The first-order valence-corrected chi connectivity index (χ1v) is 5.35. The van der Waals surface area contributed by atoms with E-state index in [0.29, 0.717) is 11.4 Å². The monoisotopic (exact) mass is 293 g/mol. The first-order valence-electron chi connectivity index (χ1n) is 5.35. The van der Waals surface area contributed by atoms with Gasteiger partial charge in [-0.1, -0.05) is 0 Å². The average Bonchev–Trinajstić information content (AvgIpc) is 2.81.